The molecule has 0 bridgehead atoms. The highest BCUT2D eigenvalue weighted by Crippen LogP contribution is 2.12. The van der Waals surface area contributed by atoms with Gasteiger partial charge in [-0.05, 0) is 30.3 Å². The first-order valence-corrected chi connectivity index (χ1v) is 5.44. The van der Waals surface area contributed by atoms with Crippen LogP contribution in [0.1, 0.15) is 11.7 Å². The highest BCUT2D eigenvalue weighted by Gasteiger charge is 2.02. The zero-order chi connectivity index (χ0) is 12.4. The van der Waals surface area contributed by atoms with Crippen molar-refractivity contribution in [3.05, 3.63) is 64.7 Å². The molecule has 0 unspecified atom stereocenters. The van der Waals surface area contributed by atoms with Gasteiger partial charge in [-0.1, -0.05) is 12.1 Å². The minimum atomic E-state index is -0.295. The molecular weight excluding hydrogens is 230 g/mol. The van der Waals surface area contributed by atoms with Gasteiger partial charge in [-0.3, -0.25) is 4.79 Å². The maximum Gasteiger partial charge on any atom is 0.284 e. The number of benzene rings is 1. The van der Waals surface area contributed by atoms with Gasteiger partial charge >= 0.3 is 0 Å². The largest absolute Gasteiger partial charge is 0.465 e. The number of hydrogen-bond donors (Lipinski definition) is 0. The van der Waals surface area contributed by atoms with Crippen LogP contribution in [-0.2, 0) is 0 Å². The molecule has 18 heavy (non-hydrogen) atoms. The van der Waals surface area contributed by atoms with Gasteiger partial charge in [0, 0.05) is 6.08 Å². The summed E-state index contributed by atoms with van der Waals surface area (Å²) in [6, 6.07) is 10.6. The average Bonchev–Trinajstić information content (AvgIpc) is 2.90. The molecule has 0 aliphatic heterocycles. The topological polar surface area (TPSA) is 56.2 Å². The Morgan fingerprint density at radius 3 is 2.78 bits per heavy atom. The van der Waals surface area contributed by atoms with Crippen molar-refractivity contribution in [1.82, 2.24) is 4.98 Å². The molecule has 3 rings (SSSR count). The molecule has 0 saturated carbocycles. The standard InChI is InChI=1S/C14H9NO3/c16-14-11-5-1-2-6-12(11)18-13(15-14)8-7-10-4-3-9-17-10/h1-9H/b8-7+. The molecule has 0 spiro atoms. The Morgan fingerprint density at radius 2 is 1.94 bits per heavy atom. The third-order valence-electron chi connectivity index (χ3n) is 2.48. The van der Waals surface area contributed by atoms with E-state index in [1.165, 1.54) is 0 Å². The normalized spacial score (nSPS) is 11.3. The summed E-state index contributed by atoms with van der Waals surface area (Å²) in [5.74, 6) is 0.933. The molecular formula is C14H9NO3. The quantitative estimate of drug-likeness (QED) is 0.689. The third-order valence-corrected chi connectivity index (χ3v) is 2.48. The van der Waals surface area contributed by atoms with Crippen LogP contribution in [0.3, 0.4) is 0 Å². The van der Waals surface area contributed by atoms with Crippen LogP contribution in [0.15, 0.2) is 56.3 Å². The molecule has 4 heteroatoms. The van der Waals surface area contributed by atoms with Crippen LogP contribution < -0.4 is 5.56 Å². The minimum absolute atomic E-state index is 0.259. The number of rotatable bonds is 2. The molecule has 2 aromatic heterocycles. The number of para-hydroxylation sites is 1. The van der Waals surface area contributed by atoms with E-state index in [4.69, 9.17) is 8.83 Å². The minimum Gasteiger partial charge on any atom is -0.465 e. The van der Waals surface area contributed by atoms with Gasteiger partial charge in [0.15, 0.2) is 0 Å². The van der Waals surface area contributed by atoms with Crippen LogP contribution in [0.5, 0.6) is 0 Å². The average molecular weight is 239 g/mol. The highest BCUT2D eigenvalue weighted by molar-refractivity contribution is 5.76. The Hall–Kier alpha value is -2.62. The van der Waals surface area contributed by atoms with E-state index in [1.807, 2.05) is 6.07 Å². The fourth-order valence-corrected chi connectivity index (χ4v) is 1.64. The lowest BCUT2D eigenvalue weighted by Crippen LogP contribution is -2.06. The zero-order valence-electron chi connectivity index (χ0n) is 9.37. The molecule has 0 fully saturated rings. The van der Waals surface area contributed by atoms with Crippen molar-refractivity contribution in [3.63, 3.8) is 0 Å². The molecule has 0 aliphatic rings. The molecule has 3 aromatic rings. The first-order valence-electron chi connectivity index (χ1n) is 5.44. The molecule has 0 aliphatic carbocycles. The van der Waals surface area contributed by atoms with E-state index in [1.54, 1.807) is 48.7 Å². The maximum absolute atomic E-state index is 11.7. The van der Waals surface area contributed by atoms with Gasteiger partial charge in [-0.15, -0.1) is 0 Å². The van der Waals surface area contributed by atoms with Gasteiger partial charge in [0.25, 0.3) is 5.56 Å². The van der Waals surface area contributed by atoms with E-state index < -0.39 is 0 Å². The van der Waals surface area contributed by atoms with Crippen molar-refractivity contribution in [2.45, 2.75) is 0 Å². The van der Waals surface area contributed by atoms with E-state index in [-0.39, 0.29) is 11.4 Å². The summed E-state index contributed by atoms with van der Waals surface area (Å²) in [5, 5.41) is 0.479. The molecule has 4 nitrogen and oxygen atoms in total. The van der Waals surface area contributed by atoms with Crippen LogP contribution in [-0.4, -0.2) is 4.98 Å². The van der Waals surface area contributed by atoms with Gasteiger partial charge in [-0.25, -0.2) is 0 Å². The Balaban J connectivity index is 2.06. The van der Waals surface area contributed by atoms with Gasteiger partial charge in [0.2, 0.25) is 5.89 Å². The SMILES string of the molecule is O=c1nc(/C=C/c2ccco2)oc2ccccc12. The van der Waals surface area contributed by atoms with E-state index in [9.17, 15) is 4.79 Å². The Kier molecular flexibility index (Phi) is 2.53. The van der Waals surface area contributed by atoms with Crippen LogP contribution in [0, 0.1) is 0 Å². The van der Waals surface area contributed by atoms with Crippen LogP contribution >= 0.6 is 0 Å². The van der Waals surface area contributed by atoms with Crippen LogP contribution in [0.2, 0.25) is 0 Å². The lowest BCUT2D eigenvalue weighted by molar-refractivity contribution is 0.554. The van der Waals surface area contributed by atoms with Crippen molar-refractivity contribution in [1.29, 1.82) is 0 Å². The zero-order valence-corrected chi connectivity index (χ0v) is 9.37. The molecule has 2 heterocycles. The molecule has 0 atom stereocenters. The predicted molar refractivity (Wildman–Crippen MR) is 67.9 cm³/mol. The predicted octanol–water partition coefficient (Wildman–Crippen LogP) is 2.95. The number of nitrogens with zero attached hydrogens (tertiary/aromatic N) is 1. The molecule has 0 radical (unpaired) electrons. The second-order valence-corrected chi connectivity index (χ2v) is 3.70. The Morgan fingerprint density at radius 1 is 1.06 bits per heavy atom. The molecule has 0 N–H and O–H groups in total. The second-order valence-electron chi connectivity index (χ2n) is 3.70. The monoisotopic (exact) mass is 239 g/mol. The van der Waals surface area contributed by atoms with Gasteiger partial charge in [0.05, 0.1) is 11.6 Å². The summed E-state index contributed by atoms with van der Waals surface area (Å²) < 4.78 is 10.6. The summed E-state index contributed by atoms with van der Waals surface area (Å²) in [6.07, 6.45) is 4.87. The third kappa shape index (κ3) is 1.96. The highest BCUT2D eigenvalue weighted by atomic mass is 16.3. The van der Waals surface area contributed by atoms with E-state index in [0.29, 0.717) is 16.7 Å². The van der Waals surface area contributed by atoms with Crippen molar-refractivity contribution in [2.75, 3.05) is 0 Å². The smallest absolute Gasteiger partial charge is 0.284 e. The Labute approximate surface area is 102 Å². The van der Waals surface area contributed by atoms with Crippen LogP contribution in [0.4, 0.5) is 0 Å². The first kappa shape index (κ1) is 10.5. The molecule has 0 saturated heterocycles. The first-order chi connectivity index (χ1) is 8.83. The van der Waals surface area contributed by atoms with Crippen molar-refractivity contribution in [2.24, 2.45) is 0 Å². The van der Waals surface area contributed by atoms with Gasteiger partial charge in [-0.2, -0.15) is 4.98 Å². The maximum atomic E-state index is 11.7. The number of hydrogen-bond acceptors (Lipinski definition) is 4. The van der Waals surface area contributed by atoms with Crippen molar-refractivity contribution in [3.8, 4) is 0 Å². The van der Waals surface area contributed by atoms with E-state index >= 15 is 0 Å². The summed E-state index contributed by atoms with van der Waals surface area (Å²) in [7, 11) is 0. The Bertz CT molecular complexity index is 754. The lowest BCUT2D eigenvalue weighted by Gasteiger charge is -1.96. The number of fused-ring (bicyclic) bond motifs is 1. The summed E-state index contributed by atoms with van der Waals surface area (Å²) in [5.41, 5.74) is 0.229. The van der Waals surface area contributed by atoms with Crippen LogP contribution in [0.25, 0.3) is 23.1 Å². The van der Waals surface area contributed by atoms with E-state index in [2.05, 4.69) is 4.98 Å². The summed E-state index contributed by atoms with van der Waals surface area (Å²) >= 11 is 0. The molecule has 0 amide bonds. The number of aromatic nitrogens is 1. The second kappa shape index (κ2) is 4.33. The summed E-state index contributed by atoms with van der Waals surface area (Å²) in [6.45, 7) is 0. The number of furan rings is 1. The van der Waals surface area contributed by atoms with Gasteiger partial charge in [0.1, 0.15) is 11.3 Å². The fourth-order valence-electron chi connectivity index (χ4n) is 1.64. The van der Waals surface area contributed by atoms with E-state index in [0.717, 1.165) is 0 Å². The molecule has 88 valence electrons. The fraction of sp³-hybridized carbons (Fsp3) is 0. The lowest BCUT2D eigenvalue weighted by atomic mass is 10.2. The van der Waals surface area contributed by atoms with Crippen molar-refractivity contribution < 1.29 is 8.83 Å². The van der Waals surface area contributed by atoms with Crippen molar-refractivity contribution >= 4 is 23.1 Å². The van der Waals surface area contributed by atoms with Gasteiger partial charge < -0.3 is 8.83 Å². The molecule has 1 aromatic carbocycles. The summed E-state index contributed by atoms with van der Waals surface area (Å²) in [4.78, 5) is 15.6.